The molecular weight excluding hydrogens is 319 g/mol. The van der Waals surface area contributed by atoms with Gasteiger partial charge in [0, 0.05) is 26.7 Å². The molecule has 0 aliphatic carbocycles. The van der Waals surface area contributed by atoms with E-state index in [2.05, 4.69) is 15.0 Å². The van der Waals surface area contributed by atoms with Crippen LogP contribution in [0.3, 0.4) is 0 Å². The van der Waals surface area contributed by atoms with Gasteiger partial charge in [-0.3, -0.25) is 0 Å². The zero-order valence-electron chi connectivity index (χ0n) is 14.6. The van der Waals surface area contributed by atoms with Crippen LogP contribution in [0.25, 0.3) is 11.0 Å². The highest BCUT2D eigenvalue weighted by Crippen LogP contribution is 2.29. The zero-order valence-corrected chi connectivity index (χ0v) is 14.6. The van der Waals surface area contributed by atoms with E-state index in [1.807, 2.05) is 53.7 Å². The molecule has 0 saturated carbocycles. The van der Waals surface area contributed by atoms with Gasteiger partial charge in [-0.15, -0.1) is 0 Å². The quantitative estimate of drug-likeness (QED) is 0.734. The van der Waals surface area contributed by atoms with Crippen LogP contribution in [0.2, 0.25) is 0 Å². The number of anilines is 3. The van der Waals surface area contributed by atoms with Crippen molar-refractivity contribution in [2.45, 2.75) is 19.5 Å². The molecule has 0 amide bonds. The van der Waals surface area contributed by atoms with E-state index in [1.165, 1.54) is 0 Å². The lowest BCUT2D eigenvalue weighted by atomic mass is 10.2. The first-order valence-electron chi connectivity index (χ1n) is 8.39. The van der Waals surface area contributed by atoms with E-state index in [4.69, 9.17) is 0 Å². The summed E-state index contributed by atoms with van der Waals surface area (Å²) in [6.07, 6.45) is 5.23. The third-order valence-electron chi connectivity index (χ3n) is 4.83. The molecule has 4 heterocycles. The van der Waals surface area contributed by atoms with Crippen LogP contribution in [0, 0.1) is 6.92 Å². The fraction of sp³-hybridized carbons (Fsp3) is 0.389. The minimum Gasteiger partial charge on any atom is -0.354 e. The lowest BCUT2D eigenvalue weighted by Gasteiger charge is -2.23. The third-order valence-corrected chi connectivity index (χ3v) is 4.83. The summed E-state index contributed by atoms with van der Waals surface area (Å²) in [5.74, 6) is 1.67. The molecule has 0 unspecified atom stereocenters. The van der Waals surface area contributed by atoms with E-state index in [9.17, 15) is 4.39 Å². The summed E-state index contributed by atoms with van der Waals surface area (Å²) >= 11 is 0. The van der Waals surface area contributed by atoms with Crippen molar-refractivity contribution in [2.75, 3.05) is 29.9 Å². The minimum atomic E-state index is -0.751. The van der Waals surface area contributed by atoms with Crippen LogP contribution in [0.15, 0.2) is 30.9 Å². The number of aromatic nitrogens is 4. The maximum absolute atomic E-state index is 13.4. The summed E-state index contributed by atoms with van der Waals surface area (Å²) in [6, 6.07) is 4.04. The second kappa shape index (κ2) is 5.98. The van der Waals surface area contributed by atoms with Crippen LogP contribution >= 0.6 is 0 Å². The van der Waals surface area contributed by atoms with Crippen LogP contribution in [-0.4, -0.2) is 45.8 Å². The molecule has 0 N–H and O–H groups in total. The zero-order chi connectivity index (χ0) is 17.6. The smallest absolute Gasteiger partial charge is 0.134 e. The number of nitrogens with zero attached hydrogens (tertiary/aromatic N) is 6. The van der Waals surface area contributed by atoms with E-state index in [0.717, 1.165) is 40.5 Å². The van der Waals surface area contributed by atoms with Crippen molar-refractivity contribution >= 4 is 28.4 Å². The van der Waals surface area contributed by atoms with Crippen LogP contribution < -0.4 is 9.80 Å². The number of imidazole rings is 1. The number of halogens is 1. The molecule has 3 aromatic heterocycles. The van der Waals surface area contributed by atoms with E-state index in [1.54, 1.807) is 12.5 Å². The van der Waals surface area contributed by atoms with Crippen molar-refractivity contribution in [3.8, 4) is 0 Å². The van der Waals surface area contributed by atoms with Gasteiger partial charge < -0.3 is 14.4 Å². The first-order chi connectivity index (χ1) is 12.0. The maximum atomic E-state index is 13.4. The molecule has 7 heteroatoms. The number of fused-ring (bicyclic) bond motifs is 1. The highest BCUT2D eigenvalue weighted by atomic mass is 19.1. The van der Waals surface area contributed by atoms with Gasteiger partial charge in [0.25, 0.3) is 0 Å². The highest BCUT2D eigenvalue weighted by molar-refractivity contribution is 5.79. The number of pyridine rings is 2. The van der Waals surface area contributed by atoms with Crippen molar-refractivity contribution < 1.29 is 4.39 Å². The molecule has 4 rings (SSSR count). The van der Waals surface area contributed by atoms with Gasteiger partial charge in [0.05, 0.1) is 36.5 Å². The van der Waals surface area contributed by atoms with Crippen molar-refractivity contribution in [1.82, 2.24) is 19.5 Å². The summed E-state index contributed by atoms with van der Waals surface area (Å²) in [6.45, 7) is 3.20. The Morgan fingerprint density at radius 1 is 1.20 bits per heavy atom. The number of hydrogen-bond donors (Lipinski definition) is 0. The van der Waals surface area contributed by atoms with Crippen LogP contribution in [-0.2, 0) is 7.05 Å². The predicted octanol–water partition coefficient (Wildman–Crippen LogP) is 2.99. The van der Waals surface area contributed by atoms with Crippen molar-refractivity contribution in [3.05, 3.63) is 36.4 Å². The fourth-order valence-electron chi connectivity index (χ4n) is 3.31. The summed E-state index contributed by atoms with van der Waals surface area (Å²) in [5.41, 5.74) is 3.97. The van der Waals surface area contributed by atoms with Crippen molar-refractivity contribution in [2.24, 2.45) is 7.05 Å². The normalized spacial score (nSPS) is 17.4. The Labute approximate surface area is 145 Å². The van der Waals surface area contributed by atoms with Gasteiger partial charge in [0.1, 0.15) is 23.3 Å². The minimum absolute atomic E-state index is 0.431. The molecule has 0 aromatic carbocycles. The van der Waals surface area contributed by atoms with E-state index < -0.39 is 6.17 Å². The predicted molar refractivity (Wildman–Crippen MR) is 97.3 cm³/mol. The van der Waals surface area contributed by atoms with Gasteiger partial charge in [-0.25, -0.2) is 19.3 Å². The first kappa shape index (κ1) is 15.8. The maximum Gasteiger partial charge on any atom is 0.134 e. The number of rotatable bonds is 3. The molecule has 3 aromatic rings. The van der Waals surface area contributed by atoms with Gasteiger partial charge >= 0.3 is 0 Å². The van der Waals surface area contributed by atoms with Gasteiger partial charge in [-0.05, 0) is 25.0 Å². The average Bonchev–Trinajstić information content (AvgIpc) is 3.20. The average molecular weight is 340 g/mol. The topological polar surface area (TPSA) is 50.1 Å². The van der Waals surface area contributed by atoms with Gasteiger partial charge in [-0.1, -0.05) is 0 Å². The Kier molecular flexibility index (Phi) is 3.78. The Morgan fingerprint density at radius 2 is 2.04 bits per heavy atom. The largest absolute Gasteiger partial charge is 0.354 e. The molecule has 0 bridgehead atoms. The Bertz CT molecular complexity index is 921. The summed E-state index contributed by atoms with van der Waals surface area (Å²) in [5, 5.41) is 0. The number of alkyl halides is 1. The van der Waals surface area contributed by atoms with E-state index >= 15 is 0 Å². The Balaban J connectivity index is 1.64. The van der Waals surface area contributed by atoms with Crippen LogP contribution in [0.5, 0.6) is 0 Å². The first-order valence-corrected chi connectivity index (χ1v) is 8.39. The molecule has 130 valence electrons. The number of aryl methyl sites for hydroxylation is 2. The molecule has 25 heavy (non-hydrogen) atoms. The Morgan fingerprint density at radius 3 is 2.76 bits per heavy atom. The molecule has 1 fully saturated rings. The second-order valence-electron chi connectivity index (χ2n) is 6.61. The summed E-state index contributed by atoms with van der Waals surface area (Å²) in [7, 11) is 3.94. The van der Waals surface area contributed by atoms with Crippen LogP contribution in [0.4, 0.5) is 21.7 Å². The summed E-state index contributed by atoms with van der Waals surface area (Å²) in [4.78, 5) is 17.4. The SMILES string of the molecule is Cc1cc(N2CC[C@@H](F)C2)ncc1N(C)c1cc2c(cn1)ncn2C. The molecular formula is C18H21FN6. The standard InChI is InChI=1S/C18H21FN6/c1-12-6-18(25-5-4-13(19)10-25)21-9-16(12)24(3)17-7-15-14(8-20-17)22-11-23(15)2/h6-9,11,13H,4-5,10H2,1-3H3/t13-/m1/s1. The van der Waals surface area contributed by atoms with Crippen molar-refractivity contribution in [1.29, 1.82) is 0 Å². The molecule has 0 radical (unpaired) electrons. The van der Waals surface area contributed by atoms with E-state index in [0.29, 0.717) is 13.0 Å². The second-order valence-corrected chi connectivity index (χ2v) is 6.61. The monoisotopic (exact) mass is 340 g/mol. The van der Waals surface area contributed by atoms with Crippen molar-refractivity contribution in [3.63, 3.8) is 0 Å². The third kappa shape index (κ3) is 2.79. The number of hydrogen-bond acceptors (Lipinski definition) is 5. The van der Waals surface area contributed by atoms with Crippen LogP contribution in [0.1, 0.15) is 12.0 Å². The molecule has 0 spiro atoms. The molecule has 1 aliphatic heterocycles. The van der Waals surface area contributed by atoms with Gasteiger partial charge in [0.15, 0.2) is 0 Å². The van der Waals surface area contributed by atoms with E-state index in [-0.39, 0.29) is 0 Å². The molecule has 6 nitrogen and oxygen atoms in total. The Hall–Kier alpha value is -2.70. The highest BCUT2D eigenvalue weighted by Gasteiger charge is 2.23. The molecule has 1 atom stereocenters. The lowest BCUT2D eigenvalue weighted by molar-refractivity contribution is 0.364. The fourth-order valence-corrected chi connectivity index (χ4v) is 3.31. The van der Waals surface area contributed by atoms with Gasteiger partial charge in [0.2, 0.25) is 0 Å². The lowest BCUT2D eigenvalue weighted by Crippen LogP contribution is -2.21. The molecule has 1 aliphatic rings. The van der Waals surface area contributed by atoms with Gasteiger partial charge in [-0.2, -0.15) is 0 Å². The summed E-state index contributed by atoms with van der Waals surface area (Å²) < 4.78 is 15.4. The molecule has 1 saturated heterocycles.